The summed E-state index contributed by atoms with van der Waals surface area (Å²) < 4.78 is 0. The number of hydrogen-bond acceptors (Lipinski definition) is 4. The van der Waals surface area contributed by atoms with Gasteiger partial charge >= 0.3 is 0 Å². The van der Waals surface area contributed by atoms with Crippen LogP contribution in [0.15, 0.2) is 24.3 Å². The van der Waals surface area contributed by atoms with Crippen molar-refractivity contribution in [2.75, 3.05) is 5.88 Å². The molecule has 0 saturated carbocycles. The number of aliphatic hydroxyl groups excluding tert-OH is 1. The third-order valence-electron chi connectivity index (χ3n) is 2.51. The monoisotopic (exact) mass is 257 g/mol. The minimum absolute atomic E-state index is 0.00743. The Labute approximate surface area is 103 Å². The van der Waals surface area contributed by atoms with Gasteiger partial charge in [-0.3, -0.25) is 14.9 Å². The van der Waals surface area contributed by atoms with E-state index >= 15 is 0 Å². The first kappa shape index (κ1) is 13.6. The molecule has 0 saturated heterocycles. The van der Waals surface area contributed by atoms with Crippen LogP contribution < -0.4 is 0 Å². The Morgan fingerprint density at radius 3 is 2.35 bits per heavy atom. The first-order chi connectivity index (χ1) is 7.97. The molecule has 0 aliphatic rings. The van der Waals surface area contributed by atoms with Gasteiger partial charge in [-0.2, -0.15) is 0 Å². The molecule has 1 aromatic rings. The number of halogens is 1. The van der Waals surface area contributed by atoms with Gasteiger partial charge in [0, 0.05) is 18.0 Å². The fourth-order valence-electron chi connectivity index (χ4n) is 1.44. The van der Waals surface area contributed by atoms with Crippen molar-refractivity contribution in [1.82, 2.24) is 0 Å². The van der Waals surface area contributed by atoms with Crippen molar-refractivity contribution in [2.45, 2.75) is 13.0 Å². The van der Waals surface area contributed by atoms with Gasteiger partial charge in [0.05, 0.1) is 16.9 Å². The van der Waals surface area contributed by atoms with Gasteiger partial charge in [0.15, 0.2) is 0 Å². The molecule has 2 atom stereocenters. The lowest BCUT2D eigenvalue weighted by Gasteiger charge is -2.18. The Balaban J connectivity index is 2.92. The van der Waals surface area contributed by atoms with E-state index in [2.05, 4.69) is 0 Å². The molecular formula is C11H12ClNO4. The van der Waals surface area contributed by atoms with Crippen molar-refractivity contribution < 1.29 is 14.8 Å². The zero-order chi connectivity index (χ0) is 13.0. The summed E-state index contributed by atoms with van der Waals surface area (Å²) in [7, 11) is 0. The van der Waals surface area contributed by atoms with Gasteiger partial charge in [-0.05, 0) is 24.6 Å². The Kier molecular flexibility index (Phi) is 4.60. The van der Waals surface area contributed by atoms with E-state index in [1.807, 2.05) is 0 Å². The predicted octanol–water partition coefficient (Wildman–Crippen LogP) is 2.07. The summed E-state index contributed by atoms with van der Waals surface area (Å²) in [4.78, 5) is 21.1. The number of Topliss-reactive ketones (excluding diaryl/α,β-unsaturated/α-hetero) is 1. The predicted molar refractivity (Wildman–Crippen MR) is 62.9 cm³/mol. The first-order valence-electron chi connectivity index (χ1n) is 4.96. The Hall–Kier alpha value is -1.46. The molecule has 0 heterocycles. The molecule has 0 spiro atoms. The van der Waals surface area contributed by atoms with Crippen LogP contribution in [0, 0.1) is 16.0 Å². The number of non-ortho nitro benzene ring substituents is 1. The molecule has 6 heteroatoms. The van der Waals surface area contributed by atoms with E-state index in [0.29, 0.717) is 5.56 Å². The second-order valence-corrected chi connectivity index (χ2v) is 3.97. The molecule has 1 N–H and O–H groups in total. The van der Waals surface area contributed by atoms with Crippen molar-refractivity contribution in [3.05, 3.63) is 39.9 Å². The van der Waals surface area contributed by atoms with E-state index in [4.69, 9.17) is 11.6 Å². The Morgan fingerprint density at radius 2 is 2.00 bits per heavy atom. The largest absolute Gasteiger partial charge is 0.388 e. The molecule has 17 heavy (non-hydrogen) atoms. The second-order valence-electron chi connectivity index (χ2n) is 3.66. The Bertz CT molecular complexity index is 418. The minimum atomic E-state index is -1.04. The number of hydrogen-bond donors (Lipinski definition) is 1. The SMILES string of the molecule is CC(=O)[C@@H](CCl)[C@H](O)c1ccc([N+](=O)[O-])cc1. The fraction of sp³-hybridized carbons (Fsp3) is 0.364. The van der Waals surface area contributed by atoms with E-state index < -0.39 is 16.9 Å². The number of carbonyl (C=O) groups excluding carboxylic acids is 1. The quantitative estimate of drug-likeness (QED) is 0.497. The first-order valence-corrected chi connectivity index (χ1v) is 5.49. The maximum Gasteiger partial charge on any atom is 0.269 e. The van der Waals surface area contributed by atoms with E-state index in [1.165, 1.54) is 31.2 Å². The number of ketones is 1. The Morgan fingerprint density at radius 1 is 1.47 bits per heavy atom. The van der Waals surface area contributed by atoms with Crippen molar-refractivity contribution in [3.63, 3.8) is 0 Å². The lowest BCUT2D eigenvalue weighted by Crippen LogP contribution is -2.21. The number of alkyl halides is 1. The highest BCUT2D eigenvalue weighted by atomic mass is 35.5. The van der Waals surface area contributed by atoms with Crippen LogP contribution in [0.25, 0.3) is 0 Å². The maximum atomic E-state index is 11.2. The number of rotatable bonds is 5. The molecule has 1 rings (SSSR count). The van der Waals surface area contributed by atoms with Gasteiger partial charge in [-0.25, -0.2) is 0 Å². The summed E-state index contributed by atoms with van der Waals surface area (Å²) in [5.41, 5.74) is 0.377. The third-order valence-corrected chi connectivity index (χ3v) is 2.85. The standard InChI is InChI=1S/C11H12ClNO4/c1-7(14)10(6-12)11(15)8-2-4-9(5-3-8)13(16)17/h2-5,10-11,15H,6H2,1H3/t10-,11-/m1/s1. The van der Waals surface area contributed by atoms with Crippen molar-refractivity contribution in [2.24, 2.45) is 5.92 Å². The van der Waals surface area contributed by atoms with E-state index in [1.54, 1.807) is 0 Å². The van der Waals surface area contributed by atoms with Gasteiger partial charge < -0.3 is 5.11 Å². The lowest BCUT2D eigenvalue weighted by molar-refractivity contribution is -0.384. The maximum absolute atomic E-state index is 11.2. The average Bonchev–Trinajstić information content (AvgIpc) is 2.29. The highest BCUT2D eigenvalue weighted by Crippen LogP contribution is 2.25. The topological polar surface area (TPSA) is 80.4 Å². The number of aliphatic hydroxyl groups is 1. The van der Waals surface area contributed by atoms with Gasteiger partial charge in [0.2, 0.25) is 0 Å². The van der Waals surface area contributed by atoms with Crippen LogP contribution in [0.3, 0.4) is 0 Å². The van der Waals surface area contributed by atoms with Crippen LogP contribution in [0.5, 0.6) is 0 Å². The van der Waals surface area contributed by atoms with E-state index in [9.17, 15) is 20.0 Å². The van der Waals surface area contributed by atoms with Crippen LogP contribution in [0.2, 0.25) is 0 Å². The summed E-state index contributed by atoms with van der Waals surface area (Å²) in [6, 6.07) is 5.41. The molecule has 0 aliphatic carbocycles. The van der Waals surface area contributed by atoms with Crippen LogP contribution in [-0.2, 0) is 4.79 Å². The molecule has 0 unspecified atom stereocenters. The van der Waals surface area contributed by atoms with E-state index in [-0.39, 0.29) is 17.4 Å². The molecule has 0 radical (unpaired) electrons. The van der Waals surface area contributed by atoms with Crippen LogP contribution in [-0.4, -0.2) is 21.7 Å². The summed E-state index contributed by atoms with van der Waals surface area (Å²) >= 11 is 5.60. The van der Waals surface area contributed by atoms with Crippen molar-refractivity contribution in [1.29, 1.82) is 0 Å². The summed E-state index contributed by atoms with van der Waals surface area (Å²) in [6.45, 7) is 1.35. The number of nitro groups is 1. The zero-order valence-electron chi connectivity index (χ0n) is 9.17. The average molecular weight is 258 g/mol. The highest BCUT2D eigenvalue weighted by molar-refractivity contribution is 6.19. The minimum Gasteiger partial charge on any atom is -0.388 e. The zero-order valence-corrected chi connectivity index (χ0v) is 9.92. The summed E-state index contributed by atoms with van der Waals surface area (Å²) in [5, 5.41) is 20.4. The van der Waals surface area contributed by atoms with Gasteiger partial charge in [0.25, 0.3) is 5.69 Å². The summed E-state index contributed by atoms with van der Waals surface area (Å²) in [5.74, 6) is -0.906. The van der Waals surface area contributed by atoms with E-state index in [0.717, 1.165) is 0 Å². The number of carbonyl (C=O) groups is 1. The normalized spacial score (nSPS) is 14.1. The third kappa shape index (κ3) is 3.25. The molecular weight excluding hydrogens is 246 g/mol. The second kappa shape index (κ2) is 5.75. The molecule has 0 aromatic heterocycles. The molecule has 5 nitrogen and oxygen atoms in total. The lowest BCUT2D eigenvalue weighted by atomic mass is 9.94. The highest BCUT2D eigenvalue weighted by Gasteiger charge is 2.24. The van der Waals surface area contributed by atoms with Gasteiger partial charge in [-0.1, -0.05) is 0 Å². The number of benzene rings is 1. The summed E-state index contributed by atoms with van der Waals surface area (Å²) in [6.07, 6.45) is -1.04. The van der Waals surface area contributed by atoms with Crippen LogP contribution in [0.1, 0.15) is 18.6 Å². The van der Waals surface area contributed by atoms with Crippen LogP contribution in [0.4, 0.5) is 5.69 Å². The van der Waals surface area contributed by atoms with Gasteiger partial charge in [-0.15, -0.1) is 11.6 Å². The molecule has 0 fully saturated rings. The number of nitrogens with zero attached hydrogens (tertiary/aromatic N) is 1. The number of nitro benzene ring substituents is 1. The van der Waals surface area contributed by atoms with Crippen LogP contribution >= 0.6 is 11.6 Å². The smallest absolute Gasteiger partial charge is 0.269 e. The van der Waals surface area contributed by atoms with Crippen molar-refractivity contribution in [3.8, 4) is 0 Å². The van der Waals surface area contributed by atoms with Gasteiger partial charge in [0.1, 0.15) is 5.78 Å². The molecule has 92 valence electrons. The molecule has 0 aliphatic heterocycles. The van der Waals surface area contributed by atoms with Crippen molar-refractivity contribution >= 4 is 23.1 Å². The molecule has 0 amide bonds. The molecule has 1 aromatic carbocycles. The fourth-order valence-corrected chi connectivity index (χ4v) is 1.83. The molecule has 0 bridgehead atoms.